The minimum absolute atomic E-state index is 0.537. The Kier molecular flexibility index (Phi) is 7.42. The summed E-state index contributed by atoms with van der Waals surface area (Å²) in [6.45, 7) is 0. The van der Waals surface area contributed by atoms with E-state index in [1.165, 1.54) is 0 Å². The first-order valence-corrected chi connectivity index (χ1v) is 16.6. The second-order valence-electron chi connectivity index (χ2n) is 12.2. The zero-order chi connectivity index (χ0) is 34.1. The van der Waals surface area contributed by atoms with Crippen LogP contribution >= 0.6 is 0 Å². The lowest BCUT2D eigenvalue weighted by Crippen LogP contribution is -2.00. The van der Waals surface area contributed by atoms with Crippen molar-refractivity contribution < 1.29 is 4.42 Å². The van der Waals surface area contributed by atoms with E-state index in [1.54, 1.807) is 6.20 Å². The largest absolute Gasteiger partial charge is 0.456 e. The highest BCUT2D eigenvalue weighted by Crippen LogP contribution is 2.39. The highest BCUT2D eigenvalue weighted by Gasteiger charge is 2.17. The van der Waals surface area contributed by atoms with Gasteiger partial charge in [0.15, 0.2) is 17.5 Å². The van der Waals surface area contributed by atoms with Crippen molar-refractivity contribution >= 4 is 21.9 Å². The van der Waals surface area contributed by atoms with Crippen LogP contribution < -0.4 is 0 Å². The van der Waals surface area contributed by atoms with Gasteiger partial charge in [-0.25, -0.2) is 15.0 Å². The van der Waals surface area contributed by atoms with Crippen molar-refractivity contribution in [3.8, 4) is 73.6 Å². The smallest absolute Gasteiger partial charge is 0.164 e. The van der Waals surface area contributed by atoms with Gasteiger partial charge in [0, 0.05) is 39.9 Å². The van der Waals surface area contributed by atoms with Crippen LogP contribution in [0.15, 0.2) is 168 Å². The van der Waals surface area contributed by atoms with E-state index in [-0.39, 0.29) is 0 Å². The molecule has 0 radical (unpaired) electrons. The highest BCUT2D eigenvalue weighted by atomic mass is 16.3. The average Bonchev–Trinajstić information content (AvgIpc) is 3.60. The molecule has 3 heterocycles. The molecule has 0 spiro atoms. The first-order valence-electron chi connectivity index (χ1n) is 16.6. The Hall–Kier alpha value is -7.23. The maximum atomic E-state index is 9.74. The number of nitriles is 1. The molecule has 9 rings (SSSR count). The number of fused-ring (bicyclic) bond motifs is 3. The summed E-state index contributed by atoms with van der Waals surface area (Å²) >= 11 is 0. The Morgan fingerprint density at radius 2 is 1.08 bits per heavy atom. The first kappa shape index (κ1) is 29.9. The fourth-order valence-electron chi connectivity index (χ4n) is 6.59. The summed E-state index contributed by atoms with van der Waals surface area (Å²) in [5.41, 5.74) is 10.9. The van der Waals surface area contributed by atoms with Crippen molar-refractivity contribution in [1.82, 2.24) is 19.9 Å². The number of pyridine rings is 1. The molecule has 9 aromatic rings. The zero-order valence-corrected chi connectivity index (χ0v) is 27.2. The van der Waals surface area contributed by atoms with Gasteiger partial charge in [-0.2, -0.15) is 5.26 Å². The third-order valence-electron chi connectivity index (χ3n) is 9.09. The van der Waals surface area contributed by atoms with Crippen molar-refractivity contribution in [2.75, 3.05) is 0 Å². The number of furan rings is 1. The van der Waals surface area contributed by atoms with Gasteiger partial charge in [-0.15, -0.1) is 0 Å². The van der Waals surface area contributed by atoms with Crippen LogP contribution in [0.25, 0.3) is 89.5 Å². The number of benzene rings is 6. The minimum Gasteiger partial charge on any atom is -0.456 e. The third-order valence-corrected chi connectivity index (χ3v) is 9.09. The van der Waals surface area contributed by atoms with Gasteiger partial charge in [0.2, 0.25) is 0 Å². The summed E-state index contributed by atoms with van der Waals surface area (Å²) in [6.07, 6.45) is 3.66. The van der Waals surface area contributed by atoms with Gasteiger partial charge < -0.3 is 4.42 Å². The van der Waals surface area contributed by atoms with E-state index in [1.807, 2.05) is 115 Å². The molecule has 0 saturated heterocycles. The van der Waals surface area contributed by atoms with E-state index >= 15 is 0 Å². The quantitative estimate of drug-likeness (QED) is 0.177. The van der Waals surface area contributed by atoms with Crippen LogP contribution in [0.4, 0.5) is 0 Å². The Morgan fingerprint density at radius 3 is 1.86 bits per heavy atom. The SMILES string of the molecule is N#Cc1ccccc1-c1cccc(-c2nc(-c3ccccc3)nc(-c3ccc4c(c3)oc3cccc(-c5ccc(-c6cccnc6)cc5)c34)n2)c1. The normalized spacial score (nSPS) is 11.1. The lowest BCUT2D eigenvalue weighted by Gasteiger charge is -2.10. The maximum absolute atomic E-state index is 9.74. The summed E-state index contributed by atoms with van der Waals surface area (Å²) in [7, 11) is 0. The molecule has 0 N–H and O–H groups in total. The van der Waals surface area contributed by atoms with Crippen LogP contribution in [0.5, 0.6) is 0 Å². The molecule has 0 atom stereocenters. The van der Waals surface area contributed by atoms with Crippen LogP contribution in [0.1, 0.15) is 5.56 Å². The summed E-state index contributed by atoms with van der Waals surface area (Å²) in [5.74, 6) is 1.65. The van der Waals surface area contributed by atoms with Gasteiger partial charge in [-0.1, -0.05) is 115 Å². The van der Waals surface area contributed by atoms with Gasteiger partial charge >= 0.3 is 0 Å². The molecule has 238 valence electrons. The molecule has 3 aromatic heterocycles. The minimum atomic E-state index is 0.537. The van der Waals surface area contributed by atoms with E-state index in [9.17, 15) is 5.26 Å². The summed E-state index contributed by atoms with van der Waals surface area (Å²) in [4.78, 5) is 19.2. The Balaban J connectivity index is 1.15. The molecule has 6 heteroatoms. The molecule has 0 unspecified atom stereocenters. The monoisotopic (exact) mass is 653 g/mol. The van der Waals surface area contributed by atoms with Crippen LogP contribution in [-0.4, -0.2) is 19.9 Å². The van der Waals surface area contributed by atoms with Crippen LogP contribution in [0.2, 0.25) is 0 Å². The van der Waals surface area contributed by atoms with Crippen molar-refractivity contribution in [1.29, 1.82) is 5.26 Å². The summed E-state index contributed by atoms with van der Waals surface area (Å²) in [6, 6.07) is 52.7. The summed E-state index contributed by atoms with van der Waals surface area (Å²) in [5, 5.41) is 11.8. The fourth-order valence-corrected chi connectivity index (χ4v) is 6.59. The van der Waals surface area contributed by atoms with Crippen LogP contribution in [0, 0.1) is 11.3 Å². The lowest BCUT2D eigenvalue weighted by molar-refractivity contribution is 0.669. The van der Waals surface area contributed by atoms with Gasteiger partial charge in [0.05, 0.1) is 11.6 Å². The average molecular weight is 654 g/mol. The van der Waals surface area contributed by atoms with Crippen molar-refractivity contribution in [3.63, 3.8) is 0 Å². The first-order chi connectivity index (χ1) is 25.2. The Bertz CT molecular complexity index is 2750. The third kappa shape index (κ3) is 5.59. The van der Waals surface area contributed by atoms with Crippen molar-refractivity contribution in [2.45, 2.75) is 0 Å². The number of hydrogen-bond acceptors (Lipinski definition) is 6. The van der Waals surface area contributed by atoms with Crippen molar-refractivity contribution in [3.05, 3.63) is 170 Å². The molecule has 51 heavy (non-hydrogen) atoms. The number of hydrogen-bond donors (Lipinski definition) is 0. The molecular weight excluding hydrogens is 627 g/mol. The van der Waals surface area contributed by atoms with E-state index in [0.29, 0.717) is 23.0 Å². The molecule has 0 aliphatic rings. The standard InChI is InChI=1S/C45H27N5O/c46-27-35-11-4-5-15-37(35)32-12-6-13-33(25-32)44-48-43(31-9-2-1-3-10-31)49-45(50-44)34-22-23-39-41(26-34)51-40-17-7-16-38(42(39)40)30-20-18-29(19-21-30)36-14-8-24-47-28-36/h1-26,28H. The van der Waals surface area contributed by atoms with E-state index in [0.717, 1.165) is 72.0 Å². The molecule has 0 amide bonds. The topological polar surface area (TPSA) is 88.5 Å². The van der Waals surface area contributed by atoms with Gasteiger partial charge in [-0.3, -0.25) is 4.98 Å². The van der Waals surface area contributed by atoms with Crippen molar-refractivity contribution in [2.24, 2.45) is 0 Å². The van der Waals surface area contributed by atoms with Gasteiger partial charge in [0.1, 0.15) is 11.2 Å². The van der Waals surface area contributed by atoms with Crippen LogP contribution in [-0.2, 0) is 0 Å². The summed E-state index contributed by atoms with van der Waals surface area (Å²) < 4.78 is 6.48. The molecule has 0 fully saturated rings. The van der Waals surface area contributed by atoms with Crippen LogP contribution in [0.3, 0.4) is 0 Å². The number of aromatic nitrogens is 4. The molecular formula is C45H27N5O. The maximum Gasteiger partial charge on any atom is 0.164 e. The highest BCUT2D eigenvalue weighted by molar-refractivity contribution is 6.13. The van der Waals surface area contributed by atoms with E-state index < -0.39 is 0 Å². The molecule has 0 saturated carbocycles. The second-order valence-corrected chi connectivity index (χ2v) is 12.2. The zero-order valence-electron chi connectivity index (χ0n) is 27.2. The second kappa shape index (κ2) is 12.7. The fraction of sp³-hybridized carbons (Fsp3) is 0. The van der Waals surface area contributed by atoms with Gasteiger partial charge in [-0.05, 0) is 69.8 Å². The molecule has 6 nitrogen and oxygen atoms in total. The number of nitrogens with zero attached hydrogens (tertiary/aromatic N) is 5. The molecule has 0 aliphatic heterocycles. The van der Waals surface area contributed by atoms with E-state index in [4.69, 9.17) is 19.4 Å². The Labute approximate surface area is 294 Å². The van der Waals surface area contributed by atoms with Gasteiger partial charge in [0.25, 0.3) is 0 Å². The Morgan fingerprint density at radius 1 is 0.451 bits per heavy atom. The van der Waals surface area contributed by atoms with E-state index in [2.05, 4.69) is 53.5 Å². The number of rotatable bonds is 6. The molecule has 0 aliphatic carbocycles. The molecule has 6 aromatic carbocycles. The predicted molar refractivity (Wildman–Crippen MR) is 202 cm³/mol. The lowest BCUT2D eigenvalue weighted by atomic mass is 9.97. The predicted octanol–water partition coefficient (Wildman–Crippen LogP) is 11.0. The molecule has 0 bridgehead atoms.